The highest BCUT2D eigenvalue weighted by Crippen LogP contribution is 2.03. The fraction of sp³-hybridized carbons (Fsp3) is 0.600. The molecule has 4 nitrogen and oxygen atoms in total. The fourth-order valence-corrected chi connectivity index (χ4v) is 1.03. The van der Waals surface area contributed by atoms with Crippen LogP contribution in [-0.2, 0) is 0 Å². The molecule has 1 aromatic rings. The molecule has 1 aromatic heterocycles. The van der Waals surface area contributed by atoms with Crippen molar-refractivity contribution < 1.29 is 0 Å². The van der Waals surface area contributed by atoms with Crippen molar-refractivity contribution in [2.75, 3.05) is 39.1 Å². The monoisotopic (exact) mass is 194 g/mol. The number of aromatic nitrogens is 2. The lowest BCUT2D eigenvalue weighted by atomic mass is 10.4. The lowest BCUT2D eigenvalue weighted by molar-refractivity contribution is 0.415. The molecule has 0 aliphatic heterocycles. The second-order valence-corrected chi connectivity index (χ2v) is 3.79. The summed E-state index contributed by atoms with van der Waals surface area (Å²) >= 11 is 0. The van der Waals surface area contributed by atoms with Crippen molar-refractivity contribution in [1.82, 2.24) is 14.9 Å². The van der Waals surface area contributed by atoms with Crippen LogP contribution in [0.2, 0.25) is 0 Å². The van der Waals surface area contributed by atoms with Gasteiger partial charge in [-0.15, -0.1) is 0 Å². The van der Waals surface area contributed by atoms with Crippen molar-refractivity contribution in [1.29, 1.82) is 0 Å². The van der Waals surface area contributed by atoms with Gasteiger partial charge in [0.15, 0.2) is 0 Å². The van der Waals surface area contributed by atoms with E-state index in [0.717, 1.165) is 24.6 Å². The van der Waals surface area contributed by atoms with E-state index in [4.69, 9.17) is 0 Å². The number of likely N-dealkylation sites (N-methyl/N-ethyl adjacent to an activating group) is 2. The molecular weight excluding hydrogens is 176 g/mol. The molecule has 0 bridgehead atoms. The van der Waals surface area contributed by atoms with E-state index in [0.29, 0.717) is 0 Å². The van der Waals surface area contributed by atoms with Crippen molar-refractivity contribution in [2.24, 2.45) is 0 Å². The number of nitrogens with zero attached hydrogens (tertiary/aromatic N) is 4. The van der Waals surface area contributed by atoms with Crippen LogP contribution >= 0.6 is 0 Å². The minimum absolute atomic E-state index is 0.789. The molecule has 0 saturated carbocycles. The average molecular weight is 194 g/mol. The van der Waals surface area contributed by atoms with Crippen LogP contribution in [0.15, 0.2) is 12.4 Å². The normalized spacial score (nSPS) is 10.6. The Morgan fingerprint density at radius 1 is 1.07 bits per heavy atom. The maximum atomic E-state index is 4.25. The van der Waals surface area contributed by atoms with Gasteiger partial charge in [0.1, 0.15) is 0 Å². The Morgan fingerprint density at radius 3 is 2.14 bits per heavy atom. The summed E-state index contributed by atoms with van der Waals surface area (Å²) < 4.78 is 0. The van der Waals surface area contributed by atoms with Crippen molar-refractivity contribution in [3.63, 3.8) is 0 Å². The van der Waals surface area contributed by atoms with Crippen LogP contribution in [-0.4, -0.2) is 49.1 Å². The maximum Gasteiger partial charge on any atom is 0.225 e. The Bertz CT molecular complexity index is 268. The van der Waals surface area contributed by atoms with Crippen molar-refractivity contribution in [3.8, 4) is 0 Å². The Balaban J connectivity index is 2.52. The van der Waals surface area contributed by atoms with Crippen LogP contribution in [0.3, 0.4) is 0 Å². The number of aryl methyl sites for hydroxylation is 1. The van der Waals surface area contributed by atoms with Gasteiger partial charge in [0.25, 0.3) is 0 Å². The molecule has 0 radical (unpaired) electrons. The summed E-state index contributed by atoms with van der Waals surface area (Å²) in [4.78, 5) is 12.7. The zero-order valence-electron chi connectivity index (χ0n) is 9.36. The van der Waals surface area contributed by atoms with E-state index in [2.05, 4.69) is 33.9 Å². The van der Waals surface area contributed by atoms with Crippen LogP contribution < -0.4 is 4.90 Å². The highest BCUT2D eigenvalue weighted by molar-refractivity contribution is 5.27. The zero-order valence-corrected chi connectivity index (χ0v) is 9.36. The van der Waals surface area contributed by atoms with E-state index in [1.165, 1.54) is 0 Å². The standard InChI is InChI=1S/C10H18N4/c1-9-7-11-10(12-8-9)14(4)6-5-13(2)3/h7-8H,5-6H2,1-4H3. The van der Waals surface area contributed by atoms with Crippen LogP contribution in [0.25, 0.3) is 0 Å². The molecule has 0 fully saturated rings. The topological polar surface area (TPSA) is 32.3 Å². The van der Waals surface area contributed by atoms with Gasteiger partial charge in [-0.2, -0.15) is 0 Å². The molecule has 1 rings (SSSR count). The first-order chi connectivity index (χ1) is 6.59. The molecule has 0 aliphatic carbocycles. The fourth-order valence-electron chi connectivity index (χ4n) is 1.03. The van der Waals surface area contributed by atoms with Crippen molar-refractivity contribution in [2.45, 2.75) is 6.92 Å². The van der Waals surface area contributed by atoms with Gasteiger partial charge in [-0.05, 0) is 26.6 Å². The van der Waals surface area contributed by atoms with Crippen LogP contribution in [0.1, 0.15) is 5.56 Å². The van der Waals surface area contributed by atoms with Gasteiger partial charge in [0.05, 0.1) is 0 Å². The average Bonchev–Trinajstić information content (AvgIpc) is 2.15. The maximum absolute atomic E-state index is 4.25. The third kappa shape index (κ3) is 3.30. The minimum Gasteiger partial charge on any atom is -0.343 e. The first kappa shape index (κ1) is 10.9. The number of anilines is 1. The summed E-state index contributed by atoms with van der Waals surface area (Å²) in [5.41, 5.74) is 1.09. The van der Waals surface area contributed by atoms with Crippen molar-refractivity contribution >= 4 is 5.95 Å². The quantitative estimate of drug-likeness (QED) is 0.709. The molecule has 0 N–H and O–H groups in total. The van der Waals surface area contributed by atoms with Gasteiger partial charge < -0.3 is 9.80 Å². The van der Waals surface area contributed by atoms with Crippen LogP contribution in [0, 0.1) is 6.92 Å². The van der Waals surface area contributed by atoms with Gasteiger partial charge in [0.2, 0.25) is 5.95 Å². The molecule has 0 amide bonds. The van der Waals surface area contributed by atoms with E-state index >= 15 is 0 Å². The van der Waals surface area contributed by atoms with Gasteiger partial charge in [-0.3, -0.25) is 0 Å². The predicted molar refractivity (Wildman–Crippen MR) is 58.6 cm³/mol. The van der Waals surface area contributed by atoms with Crippen molar-refractivity contribution in [3.05, 3.63) is 18.0 Å². The highest BCUT2D eigenvalue weighted by atomic mass is 15.2. The third-order valence-corrected chi connectivity index (χ3v) is 1.99. The van der Waals surface area contributed by atoms with E-state index in [9.17, 15) is 0 Å². The Morgan fingerprint density at radius 2 is 1.64 bits per heavy atom. The molecule has 0 unspecified atom stereocenters. The largest absolute Gasteiger partial charge is 0.343 e. The molecule has 0 saturated heterocycles. The Labute approximate surface area is 85.6 Å². The molecule has 78 valence electrons. The van der Waals surface area contributed by atoms with E-state index < -0.39 is 0 Å². The summed E-state index contributed by atoms with van der Waals surface area (Å²) in [6.07, 6.45) is 3.68. The van der Waals surface area contributed by atoms with E-state index in [-0.39, 0.29) is 0 Å². The summed E-state index contributed by atoms with van der Waals surface area (Å²) in [5, 5.41) is 0. The molecule has 4 heteroatoms. The van der Waals surface area contributed by atoms with Crippen LogP contribution in [0.4, 0.5) is 5.95 Å². The minimum atomic E-state index is 0.789. The highest BCUT2D eigenvalue weighted by Gasteiger charge is 2.03. The first-order valence-corrected chi connectivity index (χ1v) is 4.74. The molecule has 14 heavy (non-hydrogen) atoms. The summed E-state index contributed by atoms with van der Waals surface area (Å²) in [5.74, 6) is 0.789. The summed E-state index contributed by atoms with van der Waals surface area (Å²) in [6, 6.07) is 0. The number of rotatable bonds is 4. The number of hydrogen-bond donors (Lipinski definition) is 0. The summed E-state index contributed by atoms with van der Waals surface area (Å²) in [7, 11) is 6.13. The SMILES string of the molecule is Cc1cnc(N(C)CCN(C)C)nc1. The molecular formula is C10H18N4. The second kappa shape index (κ2) is 4.91. The first-order valence-electron chi connectivity index (χ1n) is 4.74. The molecule has 1 heterocycles. The van der Waals surface area contributed by atoms with Crippen LogP contribution in [0.5, 0.6) is 0 Å². The van der Waals surface area contributed by atoms with E-state index in [1.807, 2.05) is 26.4 Å². The van der Waals surface area contributed by atoms with Gasteiger partial charge in [-0.1, -0.05) is 0 Å². The smallest absolute Gasteiger partial charge is 0.225 e. The zero-order chi connectivity index (χ0) is 10.6. The number of hydrogen-bond acceptors (Lipinski definition) is 4. The van der Waals surface area contributed by atoms with Gasteiger partial charge in [-0.25, -0.2) is 9.97 Å². The molecule has 0 spiro atoms. The van der Waals surface area contributed by atoms with Gasteiger partial charge in [0, 0.05) is 32.5 Å². The van der Waals surface area contributed by atoms with E-state index in [1.54, 1.807) is 0 Å². The lowest BCUT2D eigenvalue weighted by Gasteiger charge is -2.19. The second-order valence-electron chi connectivity index (χ2n) is 3.79. The molecule has 0 aromatic carbocycles. The third-order valence-electron chi connectivity index (χ3n) is 1.99. The Kier molecular flexibility index (Phi) is 3.83. The molecule has 0 atom stereocenters. The molecule has 0 aliphatic rings. The predicted octanol–water partition coefficient (Wildman–Crippen LogP) is 0.783. The lowest BCUT2D eigenvalue weighted by Crippen LogP contribution is -2.29. The Hall–Kier alpha value is -1.16. The summed E-state index contributed by atoms with van der Waals surface area (Å²) in [6.45, 7) is 3.94. The van der Waals surface area contributed by atoms with Gasteiger partial charge >= 0.3 is 0 Å².